The summed E-state index contributed by atoms with van der Waals surface area (Å²) in [6.07, 6.45) is 4.42. The Morgan fingerprint density at radius 2 is 2.04 bits per heavy atom. The highest BCUT2D eigenvalue weighted by Crippen LogP contribution is 2.35. The zero-order chi connectivity index (χ0) is 18.1. The lowest BCUT2D eigenvalue weighted by Crippen LogP contribution is -2.43. The van der Waals surface area contributed by atoms with Crippen LogP contribution in [0.15, 0.2) is 0 Å². The summed E-state index contributed by atoms with van der Waals surface area (Å²) < 4.78 is 5.65. The van der Waals surface area contributed by atoms with Crippen LogP contribution in [-0.4, -0.2) is 42.7 Å². The van der Waals surface area contributed by atoms with Gasteiger partial charge in [-0.15, -0.1) is 0 Å². The lowest BCUT2D eigenvalue weighted by molar-refractivity contribution is -0.120. The molecule has 1 fully saturated rings. The first-order valence-corrected chi connectivity index (χ1v) is 9.79. The van der Waals surface area contributed by atoms with Crippen molar-refractivity contribution in [2.24, 2.45) is 17.8 Å². The minimum Gasteiger partial charge on any atom is -0.446 e. The molecule has 0 aromatic heterocycles. The molecule has 2 N–H and O–H groups in total. The average Bonchev–Trinajstić information content (AvgIpc) is 2.53. The summed E-state index contributed by atoms with van der Waals surface area (Å²) >= 11 is 1.33. The minimum atomic E-state index is -0.466. The van der Waals surface area contributed by atoms with Gasteiger partial charge >= 0.3 is 6.09 Å². The molecule has 0 spiro atoms. The number of hydrogen-bond acceptors (Lipinski definition) is 5. The smallest absolute Gasteiger partial charge is 0.407 e. The van der Waals surface area contributed by atoms with Gasteiger partial charge in [0, 0.05) is 6.54 Å². The van der Waals surface area contributed by atoms with Gasteiger partial charge in [0.05, 0.1) is 6.07 Å². The maximum absolute atomic E-state index is 12.1. The van der Waals surface area contributed by atoms with Crippen LogP contribution in [0.5, 0.6) is 0 Å². The predicted octanol–water partition coefficient (Wildman–Crippen LogP) is 2.54. The van der Waals surface area contributed by atoms with Crippen molar-refractivity contribution in [2.75, 3.05) is 19.3 Å². The van der Waals surface area contributed by atoms with Crippen molar-refractivity contribution in [3.63, 3.8) is 0 Å². The molecule has 4 unspecified atom stereocenters. The standard InChI is InChI=1S/C17H29N3O3S/c1-11(2)13-6-5-12(3)9-14(13)23-17(22)20-10-15(24-4)16(21)19-8-7-18/h11-15H,5-6,8-10H2,1-4H3,(H,19,21)(H,20,22). The van der Waals surface area contributed by atoms with Gasteiger partial charge in [-0.2, -0.15) is 17.0 Å². The Bertz CT molecular complexity index is 464. The monoisotopic (exact) mass is 355 g/mol. The molecule has 0 aromatic carbocycles. The Morgan fingerprint density at radius 1 is 1.33 bits per heavy atom. The predicted molar refractivity (Wildman–Crippen MR) is 95.5 cm³/mol. The van der Waals surface area contributed by atoms with Crippen LogP contribution in [0.25, 0.3) is 0 Å². The van der Waals surface area contributed by atoms with Gasteiger partial charge in [-0.3, -0.25) is 4.79 Å². The van der Waals surface area contributed by atoms with E-state index >= 15 is 0 Å². The van der Waals surface area contributed by atoms with E-state index < -0.39 is 11.3 Å². The number of rotatable bonds is 7. The Labute approximate surface area is 149 Å². The summed E-state index contributed by atoms with van der Waals surface area (Å²) in [5, 5.41) is 13.3. The van der Waals surface area contributed by atoms with E-state index in [0.29, 0.717) is 17.8 Å². The largest absolute Gasteiger partial charge is 0.446 e. The molecule has 1 saturated carbocycles. The fourth-order valence-corrected chi connectivity index (χ4v) is 3.68. The zero-order valence-corrected chi connectivity index (χ0v) is 15.8. The van der Waals surface area contributed by atoms with Gasteiger partial charge in [0.2, 0.25) is 5.91 Å². The Hall–Kier alpha value is -1.42. The average molecular weight is 356 g/mol. The molecule has 1 aliphatic carbocycles. The summed E-state index contributed by atoms with van der Waals surface area (Å²) in [6, 6.07) is 1.86. The van der Waals surface area contributed by atoms with Crippen molar-refractivity contribution in [2.45, 2.75) is 51.4 Å². The van der Waals surface area contributed by atoms with E-state index in [9.17, 15) is 9.59 Å². The number of amides is 2. The van der Waals surface area contributed by atoms with Crippen LogP contribution in [0.2, 0.25) is 0 Å². The quantitative estimate of drug-likeness (QED) is 0.685. The van der Waals surface area contributed by atoms with E-state index in [1.165, 1.54) is 18.2 Å². The van der Waals surface area contributed by atoms with Gasteiger partial charge in [0.15, 0.2) is 0 Å². The zero-order valence-electron chi connectivity index (χ0n) is 15.0. The van der Waals surface area contributed by atoms with Crippen LogP contribution in [0.1, 0.15) is 40.0 Å². The first kappa shape index (κ1) is 20.6. The number of hydrogen-bond donors (Lipinski definition) is 2. The third kappa shape index (κ3) is 6.60. The number of ether oxygens (including phenoxy) is 1. The molecule has 0 radical (unpaired) electrons. The maximum atomic E-state index is 12.1. The van der Waals surface area contributed by atoms with Gasteiger partial charge in [0.25, 0.3) is 0 Å². The van der Waals surface area contributed by atoms with Gasteiger partial charge in [0.1, 0.15) is 17.9 Å². The van der Waals surface area contributed by atoms with Crippen LogP contribution in [0, 0.1) is 29.1 Å². The lowest BCUT2D eigenvalue weighted by atomic mass is 9.75. The molecule has 1 aliphatic rings. The van der Waals surface area contributed by atoms with Crippen molar-refractivity contribution in [3.8, 4) is 6.07 Å². The van der Waals surface area contributed by atoms with Crippen LogP contribution in [0.4, 0.5) is 4.79 Å². The summed E-state index contributed by atoms with van der Waals surface area (Å²) in [6.45, 7) is 6.67. The molecular weight excluding hydrogens is 326 g/mol. The first-order valence-electron chi connectivity index (χ1n) is 8.50. The van der Waals surface area contributed by atoms with Crippen LogP contribution in [-0.2, 0) is 9.53 Å². The first-order chi connectivity index (χ1) is 11.4. The van der Waals surface area contributed by atoms with Crippen LogP contribution >= 0.6 is 11.8 Å². The second-order valence-corrected chi connectivity index (χ2v) is 7.79. The topological polar surface area (TPSA) is 91.2 Å². The number of nitriles is 1. The Balaban J connectivity index is 2.48. The van der Waals surface area contributed by atoms with Crippen molar-refractivity contribution >= 4 is 23.8 Å². The molecule has 0 aliphatic heterocycles. The van der Waals surface area contributed by atoms with E-state index in [0.717, 1.165) is 12.8 Å². The molecule has 4 atom stereocenters. The van der Waals surface area contributed by atoms with Crippen molar-refractivity contribution in [1.82, 2.24) is 10.6 Å². The normalized spacial score (nSPS) is 24.8. The molecule has 2 amide bonds. The highest BCUT2D eigenvalue weighted by Gasteiger charge is 2.33. The highest BCUT2D eigenvalue weighted by atomic mass is 32.2. The fraction of sp³-hybridized carbons (Fsp3) is 0.824. The summed E-state index contributed by atoms with van der Waals surface area (Å²) in [5.41, 5.74) is 0. The van der Waals surface area contributed by atoms with E-state index in [1.54, 1.807) is 6.26 Å². The Kier molecular flexibility index (Phi) is 8.98. The second-order valence-electron chi connectivity index (χ2n) is 6.75. The molecule has 0 saturated heterocycles. The maximum Gasteiger partial charge on any atom is 0.407 e. The van der Waals surface area contributed by atoms with E-state index in [-0.39, 0.29) is 25.1 Å². The molecule has 1 rings (SSSR count). The highest BCUT2D eigenvalue weighted by molar-refractivity contribution is 7.99. The van der Waals surface area contributed by atoms with E-state index in [2.05, 4.69) is 31.4 Å². The molecule has 7 heteroatoms. The summed E-state index contributed by atoms with van der Waals surface area (Å²) in [4.78, 5) is 24.0. The molecule has 0 heterocycles. The van der Waals surface area contributed by atoms with Crippen molar-refractivity contribution in [1.29, 1.82) is 5.26 Å². The fourth-order valence-electron chi connectivity index (χ4n) is 3.13. The van der Waals surface area contributed by atoms with Crippen LogP contribution < -0.4 is 10.6 Å². The molecule has 0 aromatic rings. The molecule has 6 nitrogen and oxygen atoms in total. The van der Waals surface area contributed by atoms with Crippen molar-refractivity contribution in [3.05, 3.63) is 0 Å². The number of alkyl carbamates (subject to hydrolysis) is 1. The van der Waals surface area contributed by atoms with E-state index in [4.69, 9.17) is 10.00 Å². The van der Waals surface area contributed by atoms with Gasteiger partial charge in [-0.25, -0.2) is 4.79 Å². The number of thioether (sulfide) groups is 1. The number of carbonyl (C=O) groups is 2. The molecule has 136 valence electrons. The summed E-state index contributed by atoms with van der Waals surface area (Å²) in [5.74, 6) is 1.18. The molecular formula is C17H29N3O3S. The Morgan fingerprint density at radius 3 is 2.62 bits per heavy atom. The number of carbonyl (C=O) groups excluding carboxylic acids is 2. The van der Waals surface area contributed by atoms with E-state index in [1.807, 2.05) is 6.07 Å². The molecule has 0 bridgehead atoms. The van der Waals surface area contributed by atoms with Gasteiger partial charge in [-0.1, -0.05) is 27.2 Å². The molecule has 24 heavy (non-hydrogen) atoms. The SMILES string of the molecule is CSC(CNC(=O)OC1CC(C)CCC1C(C)C)C(=O)NCC#N. The lowest BCUT2D eigenvalue weighted by Gasteiger charge is -2.36. The van der Waals surface area contributed by atoms with Crippen LogP contribution in [0.3, 0.4) is 0 Å². The van der Waals surface area contributed by atoms with Crippen molar-refractivity contribution < 1.29 is 14.3 Å². The second kappa shape index (κ2) is 10.4. The third-order valence-electron chi connectivity index (χ3n) is 4.57. The minimum absolute atomic E-state index is 0.0314. The number of nitrogens with zero attached hydrogens (tertiary/aromatic N) is 1. The van der Waals surface area contributed by atoms with Gasteiger partial charge < -0.3 is 15.4 Å². The number of nitrogens with one attached hydrogen (secondary N) is 2. The van der Waals surface area contributed by atoms with Gasteiger partial charge in [-0.05, 0) is 36.9 Å². The summed E-state index contributed by atoms with van der Waals surface area (Å²) in [7, 11) is 0. The third-order valence-corrected chi connectivity index (χ3v) is 5.52.